The summed E-state index contributed by atoms with van der Waals surface area (Å²) in [6, 6.07) is 0. The predicted molar refractivity (Wildman–Crippen MR) is 43.7 cm³/mol. The highest BCUT2D eigenvalue weighted by Crippen LogP contribution is 1.89. The molecule has 0 aromatic rings. The van der Waals surface area contributed by atoms with Crippen molar-refractivity contribution in [2.75, 3.05) is 0 Å². The third-order valence-corrected chi connectivity index (χ3v) is 1.70. The normalized spacial score (nSPS) is 8.09. The lowest BCUT2D eigenvalue weighted by Crippen LogP contribution is -2.13. The van der Waals surface area contributed by atoms with E-state index in [-0.39, 0.29) is 18.8 Å². The summed E-state index contributed by atoms with van der Waals surface area (Å²) in [6.07, 6.45) is 0.626. The Balaban J connectivity index is 0. The Labute approximate surface area is 72.2 Å². The molecule has 0 bridgehead atoms. The molecule has 0 aliphatic heterocycles. The van der Waals surface area contributed by atoms with Crippen molar-refractivity contribution >= 4 is 33.5 Å². The van der Waals surface area contributed by atoms with Crippen LogP contribution in [-0.4, -0.2) is 24.4 Å². The van der Waals surface area contributed by atoms with Gasteiger partial charge in [0.05, 0.1) is 0 Å². The van der Waals surface area contributed by atoms with Crippen LogP contribution in [-0.2, 0) is 15.1 Å². The number of carboxylic acids is 1. The van der Waals surface area contributed by atoms with Crippen molar-refractivity contribution in [2.24, 2.45) is 0 Å². The van der Waals surface area contributed by atoms with Crippen LogP contribution >= 0.6 is 12.4 Å². The highest BCUT2D eigenvalue weighted by atomic mass is 35.5. The zero-order valence-corrected chi connectivity index (χ0v) is 7.54. The zero-order valence-electron chi connectivity index (χ0n) is 5.90. The molecule has 0 aliphatic carbocycles. The Bertz CT molecular complexity index is 246. The number of carbonyl (C=O) groups is 1. The lowest BCUT2D eigenvalue weighted by molar-refractivity contribution is -0.129. The number of aliphatic carboxylic acids is 1. The molecule has 0 aliphatic rings. The first-order valence-electron chi connectivity index (χ1n) is 2.78. The maximum absolute atomic E-state index is 10.1. The van der Waals surface area contributed by atoms with Crippen molar-refractivity contribution in [2.45, 2.75) is 19.8 Å². The van der Waals surface area contributed by atoms with Crippen LogP contribution in [0.25, 0.3) is 0 Å². The fourth-order valence-corrected chi connectivity index (χ4v) is 1.00. The van der Waals surface area contributed by atoms with E-state index in [0.717, 1.165) is 0 Å². The first kappa shape index (κ1) is 13.1. The molecule has 0 spiro atoms. The molecule has 6 heteroatoms. The van der Waals surface area contributed by atoms with Crippen LogP contribution in [0.1, 0.15) is 19.8 Å². The van der Waals surface area contributed by atoms with Gasteiger partial charge in [-0.1, -0.05) is 13.3 Å². The second-order valence-corrected chi connectivity index (χ2v) is 2.68. The van der Waals surface area contributed by atoms with Crippen LogP contribution < -0.4 is 0 Å². The molecule has 0 fully saturated rings. The zero-order chi connectivity index (χ0) is 8.15. The van der Waals surface area contributed by atoms with Gasteiger partial charge in [0.1, 0.15) is 0 Å². The molecule has 0 radical (unpaired) electrons. The standard InChI is InChI=1S/C5H8O4S.ClH/c1-2-3-4(5(6)7)10(8)9;/h2-3H2,1H3,(H,6,7);1H. The lowest BCUT2D eigenvalue weighted by atomic mass is 10.2. The van der Waals surface area contributed by atoms with E-state index >= 15 is 0 Å². The topological polar surface area (TPSA) is 71.4 Å². The Morgan fingerprint density at radius 2 is 1.91 bits per heavy atom. The highest BCUT2D eigenvalue weighted by molar-refractivity contribution is 7.74. The van der Waals surface area contributed by atoms with E-state index in [9.17, 15) is 13.2 Å². The summed E-state index contributed by atoms with van der Waals surface area (Å²) in [6.45, 7) is 1.72. The fraction of sp³-hybridized carbons (Fsp3) is 0.600. The van der Waals surface area contributed by atoms with Gasteiger partial charge in [0.25, 0.3) is 0 Å². The average Bonchev–Trinajstić information content (AvgIpc) is 1.81. The maximum Gasteiger partial charge on any atom is 0.347 e. The summed E-state index contributed by atoms with van der Waals surface area (Å²) in [5.74, 6) is -1.35. The molecule has 11 heavy (non-hydrogen) atoms. The first-order chi connectivity index (χ1) is 4.59. The molecule has 0 heterocycles. The minimum Gasteiger partial charge on any atom is -0.477 e. The minimum atomic E-state index is -2.57. The van der Waals surface area contributed by atoms with E-state index < -0.39 is 21.1 Å². The Morgan fingerprint density at radius 1 is 1.45 bits per heavy atom. The van der Waals surface area contributed by atoms with E-state index in [1.54, 1.807) is 6.92 Å². The van der Waals surface area contributed by atoms with E-state index in [0.29, 0.717) is 6.42 Å². The number of carboxylic acid groups (broad SMARTS) is 1. The maximum atomic E-state index is 10.1. The first-order valence-corrected chi connectivity index (χ1v) is 3.85. The van der Waals surface area contributed by atoms with Gasteiger partial charge >= 0.3 is 5.97 Å². The van der Waals surface area contributed by atoms with Crippen LogP contribution in [0.4, 0.5) is 0 Å². The molecule has 0 atom stereocenters. The van der Waals surface area contributed by atoms with Crippen molar-refractivity contribution in [3.8, 4) is 0 Å². The average molecular weight is 201 g/mol. The van der Waals surface area contributed by atoms with Crippen LogP contribution in [0.3, 0.4) is 0 Å². The summed E-state index contributed by atoms with van der Waals surface area (Å²) < 4.78 is 20.2. The third-order valence-electron chi connectivity index (χ3n) is 0.917. The Kier molecular flexibility index (Phi) is 7.34. The molecule has 0 saturated carbocycles. The number of rotatable bonds is 3. The minimum absolute atomic E-state index is 0. The molecule has 1 N–H and O–H groups in total. The van der Waals surface area contributed by atoms with E-state index in [2.05, 4.69) is 0 Å². The summed E-state index contributed by atoms with van der Waals surface area (Å²) in [7, 11) is -2.57. The lowest BCUT2D eigenvalue weighted by Gasteiger charge is -1.89. The molecule has 4 nitrogen and oxygen atoms in total. The molecule has 0 saturated heterocycles. The summed E-state index contributed by atoms with van der Waals surface area (Å²) in [5.41, 5.74) is 0. The van der Waals surface area contributed by atoms with Crippen molar-refractivity contribution in [3.05, 3.63) is 0 Å². The van der Waals surface area contributed by atoms with Gasteiger partial charge in [-0.25, -0.2) is 4.79 Å². The molecule has 66 valence electrons. The second-order valence-electron chi connectivity index (χ2n) is 1.71. The summed E-state index contributed by atoms with van der Waals surface area (Å²) in [4.78, 5) is 9.66. The molecule has 0 rings (SSSR count). The molecule has 0 aromatic heterocycles. The van der Waals surface area contributed by atoms with Gasteiger partial charge in [-0.3, -0.25) is 0 Å². The fourth-order valence-electron chi connectivity index (χ4n) is 0.489. The van der Waals surface area contributed by atoms with Crippen molar-refractivity contribution in [3.63, 3.8) is 0 Å². The van der Waals surface area contributed by atoms with Gasteiger partial charge in [0.2, 0.25) is 10.3 Å². The Hall–Kier alpha value is -0.550. The van der Waals surface area contributed by atoms with Gasteiger partial charge in [-0.2, -0.15) is 8.42 Å². The van der Waals surface area contributed by atoms with E-state index in [4.69, 9.17) is 5.11 Å². The number of hydrogen-bond acceptors (Lipinski definition) is 3. The quantitative estimate of drug-likeness (QED) is 0.668. The molecular weight excluding hydrogens is 192 g/mol. The molecule has 0 unspecified atom stereocenters. The summed E-state index contributed by atoms with van der Waals surface area (Å²) >= 11 is 0. The van der Waals surface area contributed by atoms with E-state index in [1.807, 2.05) is 0 Å². The monoisotopic (exact) mass is 200 g/mol. The number of hydrogen-bond donors (Lipinski definition) is 1. The van der Waals surface area contributed by atoms with Gasteiger partial charge in [-0.05, 0) is 6.42 Å². The van der Waals surface area contributed by atoms with Crippen LogP contribution in [0.15, 0.2) is 0 Å². The van der Waals surface area contributed by atoms with Crippen LogP contribution in [0.2, 0.25) is 0 Å². The largest absolute Gasteiger partial charge is 0.477 e. The van der Waals surface area contributed by atoms with Crippen LogP contribution in [0.5, 0.6) is 0 Å². The van der Waals surface area contributed by atoms with Crippen LogP contribution in [0, 0.1) is 0 Å². The second kappa shape index (κ2) is 6.18. The van der Waals surface area contributed by atoms with Gasteiger partial charge < -0.3 is 5.11 Å². The molecule has 0 aromatic carbocycles. The van der Waals surface area contributed by atoms with Crippen molar-refractivity contribution in [1.82, 2.24) is 0 Å². The molecule has 0 amide bonds. The Morgan fingerprint density at radius 3 is 2.00 bits per heavy atom. The molecular formula is C5H9ClO4S. The third kappa shape index (κ3) is 4.80. The van der Waals surface area contributed by atoms with E-state index in [1.165, 1.54) is 0 Å². The highest BCUT2D eigenvalue weighted by Gasteiger charge is 2.08. The SMILES string of the molecule is CCCC(C(=O)O)=S(=O)=O.Cl. The van der Waals surface area contributed by atoms with Crippen molar-refractivity contribution in [1.29, 1.82) is 0 Å². The smallest absolute Gasteiger partial charge is 0.347 e. The van der Waals surface area contributed by atoms with Gasteiger partial charge in [-0.15, -0.1) is 12.4 Å². The van der Waals surface area contributed by atoms with Crippen molar-refractivity contribution < 1.29 is 18.3 Å². The summed E-state index contributed by atoms with van der Waals surface area (Å²) in [5, 5.41) is 8.24. The predicted octanol–water partition coefficient (Wildman–Crippen LogP) is 0.344. The number of halogens is 1. The van der Waals surface area contributed by atoms with Gasteiger partial charge in [0.15, 0.2) is 4.86 Å². The van der Waals surface area contributed by atoms with Gasteiger partial charge in [0, 0.05) is 0 Å².